The Hall–Kier alpha value is -1.62. The van der Waals surface area contributed by atoms with Gasteiger partial charge in [-0.05, 0) is 63.2 Å². The van der Waals surface area contributed by atoms with Gasteiger partial charge in [0.2, 0.25) is 5.58 Å². The highest BCUT2D eigenvalue weighted by Gasteiger charge is 2.60. The molecule has 4 aliphatic rings. The Morgan fingerprint density at radius 2 is 2.09 bits per heavy atom. The number of piperidine rings is 3. The van der Waals surface area contributed by atoms with Gasteiger partial charge in [0.05, 0.1) is 5.39 Å². The molecule has 1 atom stereocenters. The van der Waals surface area contributed by atoms with Crippen molar-refractivity contribution in [3.05, 3.63) is 23.5 Å². The largest absolute Gasteiger partial charge is 0.362 e. The van der Waals surface area contributed by atoms with Gasteiger partial charge in [-0.3, -0.25) is 4.90 Å². The van der Waals surface area contributed by atoms with Crippen molar-refractivity contribution in [2.45, 2.75) is 44.2 Å². The van der Waals surface area contributed by atoms with Crippen LogP contribution in [0.5, 0.6) is 0 Å². The highest BCUT2D eigenvalue weighted by molar-refractivity contribution is 5.89. The minimum Gasteiger partial charge on any atom is -0.362 e. The smallest absolute Gasteiger partial charge is 0.204 e. The number of hydrogen-bond donors (Lipinski definition) is 1. The number of benzene rings is 1. The van der Waals surface area contributed by atoms with Crippen molar-refractivity contribution in [2.24, 2.45) is 5.92 Å². The number of nitrogens with zero attached hydrogens (tertiary/aromatic N) is 2. The molecule has 5 heteroatoms. The summed E-state index contributed by atoms with van der Waals surface area (Å²) >= 11 is 0. The summed E-state index contributed by atoms with van der Waals surface area (Å²) in [6, 6.07) is 4.13. The lowest BCUT2D eigenvalue weighted by molar-refractivity contribution is 0.0202. The third-order valence-electron chi connectivity index (χ3n) is 6.05. The maximum Gasteiger partial charge on any atom is 0.204 e. The predicted octanol–water partition coefficient (Wildman–Crippen LogP) is 3.31. The second-order valence-electron chi connectivity index (χ2n) is 7.15. The number of nitrogens with one attached hydrogen (secondary N) is 1. The number of anilines is 1. The van der Waals surface area contributed by atoms with Crippen LogP contribution in [-0.2, 0) is 0 Å². The molecule has 3 saturated heterocycles. The van der Waals surface area contributed by atoms with E-state index in [9.17, 15) is 4.39 Å². The van der Waals surface area contributed by atoms with Gasteiger partial charge in [-0.25, -0.2) is 4.39 Å². The Kier molecular flexibility index (Phi) is 2.47. The van der Waals surface area contributed by atoms with Crippen LogP contribution < -0.4 is 5.32 Å². The maximum absolute atomic E-state index is 14.1. The van der Waals surface area contributed by atoms with Gasteiger partial charge < -0.3 is 9.84 Å². The lowest BCUT2D eigenvalue weighted by Crippen LogP contribution is -2.62. The van der Waals surface area contributed by atoms with E-state index in [1.54, 1.807) is 13.0 Å². The van der Waals surface area contributed by atoms with Crippen LogP contribution in [0.4, 0.5) is 10.2 Å². The number of hydrogen-bond acceptors (Lipinski definition) is 4. The summed E-state index contributed by atoms with van der Waals surface area (Å²) in [7, 11) is 0. The third kappa shape index (κ3) is 1.57. The SMILES string of the molecule is Cc1ccc2c(NC3C4CCN(CC4)C34CC4)noc2c1F. The molecule has 4 heterocycles. The van der Waals surface area contributed by atoms with Crippen LogP contribution in [0, 0.1) is 18.7 Å². The van der Waals surface area contributed by atoms with Crippen LogP contribution in [0.15, 0.2) is 16.7 Å². The topological polar surface area (TPSA) is 41.3 Å². The van der Waals surface area contributed by atoms with Crippen LogP contribution in [0.2, 0.25) is 0 Å². The molecule has 1 aliphatic carbocycles. The summed E-state index contributed by atoms with van der Waals surface area (Å²) in [6.07, 6.45) is 5.04. The summed E-state index contributed by atoms with van der Waals surface area (Å²) in [6.45, 7) is 4.21. The molecule has 1 saturated carbocycles. The van der Waals surface area contributed by atoms with Crippen LogP contribution in [0.1, 0.15) is 31.2 Å². The Morgan fingerprint density at radius 3 is 2.82 bits per heavy atom. The second-order valence-corrected chi connectivity index (χ2v) is 7.15. The molecule has 4 nitrogen and oxygen atoms in total. The first-order valence-corrected chi connectivity index (χ1v) is 8.25. The zero-order valence-electron chi connectivity index (χ0n) is 12.7. The van der Waals surface area contributed by atoms with E-state index < -0.39 is 0 Å². The molecule has 1 spiro atoms. The van der Waals surface area contributed by atoms with Gasteiger partial charge >= 0.3 is 0 Å². The lowest BCUT2D eigenvalue weighted by atomic mass is 9.77. The molecule has 0 amide bonds. The van der Waals surface area contributed by atoms with Crippen LogP contribution >= 0.6 is 0 Å². The van der Waals surface area contributed by atoms with Crippen molar-refractivity contribution in [2.75, 3.05) is 18.4 Å². The first kappa shape index (κ1) is 12.9. The van der Waals surface area contributed by atoms with Gasteiger partial charge in [0.25, 0.3) is 0 Å². The van der Waals surface area contributed by atoms with Crippen LogP contribution in [-0.4, -0.2) is 34.7 Å². The van der Waals surface area contributed by atoms with Gasteiger partial charge in [-0.1, -0.05) is 11.2 Å². The predicted molar refractivity (Wildman–Crippen MR) is 82.4 cm³/mol. The van der Waals surface area contributed by atoms with E-state index in [2.05, 4.69) is 15.4 Å². The average molecular weight is 301 g/mol. The fourth-order valence-corrected chi connectivity index (χ4v) is 4.64. The van der Waals surface area contributed by atoms with E-state index in [1.807, 2.05) is 6.07 Å². The van der Waals surface area contributed by atoms with Crippen LogP contribution in [0.25, 0.3) is 11.0 Å². The summed E-state index contributed by atoms with van der Waals surface area (Å²) < 4.78 is 19.4. The zero-order chi connectivity index (χ0) is 14.9. The Bertz CT molecular complexity index is 744. The van der Waals surface area contributed by atoms with E-state index in [4.69, 9.17) is 4.52 Å². The number of rotatable bonds is 2. The zero-order valence-corrected chi connectivity index (χ0v) is 12.7. The molecule has 116 valence electrons. The lowest BCUT2D eigenvalue weighted by Gasteiger charge is -2.52. The van der Waals surface area contributed by atoms with E-state index >= 15 is 0 Å². The molecule has 4 fully saturated rings. The third-order valence-corrected chi connectivity index (χ3v) is 6.05. The number of aryl methyl sites for hydroxylation is 1. The standard InChI is InChI=1S/C17H20FN3O/c1-10-2-3-12-14(13(10)18)22-20-16(12)19-15-11-4-8-21(9-5-11)17(15)6-7-17/h2-3,11,15H,4-9H2,1H3,(H,19,20). The summed E-state index contributed by atoms with van der Waals surface area (Å²) in [5.41, 5.74) is 1.20. The van der Waals surface area contributed by atoms with E-state index in [-0.39, 0.29) is 11.4 Å². The fourth-order valence-electron chi connectivity index (χ4n) is 4.64. The maximum atomic E-state index is 14.1. The molecule has 22 heavy (non-hydrogen) atoms. The minimum absolute atomic E-state index is 0.272. The average Bonchev–Trinajstić information content (AvgIpc) is 3.21. The second kappa shape index (κ2) is 4.22. The normalized spacial score (nSPS) is 31.8. The summed E-state index contributed by atoms with van der Waals surface area (Å²) in [5, 5.41) is 8.50. The summed E-state index contributed by atoms with van der Waals surface area (Å²) in [4.78, 5) is 2.65. The van der Waals surface area contributed by atoms with Gasteiger partial charge in [-0.2, -0.15) is 0 Å². The Morgan fingerprint density at radius 1 is 1.32 bits per heavy atom. The molecule has 1 aromatic carbocycles. The first-order valence-electron chi connectivity index (χ1n) is 8.25. The molecule has 6 rings (SSSR count). The Balaban J connectivity index is 1.53. The monoisotopic (exact) mass is 301 g/mol. The molecular weight excluding hydrogens is 281 g/mol. The molecule has 0 radical (unpaired) electrons. The van der Waals surface area contributed by atoms with Crippen molar-refractivity contribution >= 4 is 16.8 Å². The van der Waals surface area contributed by atoms with Crippen molar-refractivity contribution in [1.29, 1.82) is 0 Å². The molecular formula is C17H20FN3O. The number of aromatic nitrogens is 1. The van der Waals surface area contributed by atoms with Gasteiger partial charge in [0, 0.05) is 11.6 Å². The highest BCUT2D eigenvalue weighted by Crippen LogP contribution is 2.54. The van der Waals surface area contributed by atoms with Crippen molar-refractivity contribution in [3.63, 3.8) is 0 Å². The molecule has 1 unspecified atom stereocenters. The van der Waals surface area contributed by atoms with Crippen molar-refractivity contribution in [1.82, 2.24) is 10.1 Å². The van der Waals surface area contributed by atoms with Gasteiger partial charge in [0.15, 0.2) is 11.6 Å². The van der Waals surface area contributed by atoms with E-state index in [0.717, 1.165) is 5.39 Å². The van der Waals surface area contributed by atoms with Crippen molar-refractivity contribution in [3.8, 4) is 0 Å². The van der Waals surface area contributed by atoms with Crippen LogP contribution in [0.3, 0.4) is 0 Å². The molecule has 1 N–H and O–H groups in total. The van der Waals surface area contributed by atoms with Gasteiger partial charge in [-0.15, -0.1) is 0 Å². The first-order chi connectivity index (χ1) is 10.7. The minimum atomic E-state index is -0.298. The van der Waals surface area contributed by atoms with Crippen molar-refractivity contribution < 1.29 is 8.91 Å². The molecule has 1 aromatic heterocycles. The van der Waals surface area contributed by atoms with E-state index in [1.165, 1.54) is 38.8 Å². The van der Waals surface area contributed by atoms with Gasteiger partial charge in [0.1, 0.15) is 0 Å². The molecule has 3 aliphatic heterocycles. The number of fused-ring (bicyclic) bond motifs is 3. The summed E-state index contributed by atoms with van der Waals surface area (Å²) in [5.74, 6) is 1.11. The number of halogens is 1. The highest BCUT2D eigenvalue weighted by atomic mass is 19.1. The molecule has 2 aromatic rings. The molecule has 2 bridgehead atoms. The van der Waals surface area contributed by atoms with E-state index in [0.29, 0.717) is 28.9 Å². The fraction of sp³-hybridized carbons (Fsp3) is 0.588. The Labute approximate surface area is 128 Å². The quantitative estimate of drug-likeness (QED) is 0.924.